The van der Waals surface area contributed by atoms with Crippen molar-refractivity contribution in [3.63, 3.8) is 0 Å². The molecule has 4 atom stereocenters. The molecule has 0 aromatic carbocycles. The third kappa shape index (κ3) is 2.90. The van der Waals surface area contributed by atoms with E-state index in [1.54, 1.807) is 0 Å². The molecule has 0 aliphatic heterocycles. The van der Waals surface area contributed by atoms with Crippen molar-refractivity contribution in [1.82, 2.24) is 10.4 Å². The Kier molecular flexibility index (Phi) is 4.36. The number of hydrogen-bond acceptors (Lipinski definition) is 3. The number of aromatic nitrogens is 1. The maximum atomic E-state index is 5.78. The number of hydrogen-bond donors (Lipinski definition) is 2. The highest BCUT2D eigenvalue weighted by molar-refractivity contribution is 5.18. The molecule has 1 saturated carbocycles. The summed E-state index contributed by atoms with van der Waals surface area (Å²) in [4.78, 5) is 4.38. The first-order valence-electron chi connectivity index (χ1n) is 7.00. The van der Waals surface area contributed by atoms with E-state index in [9.17, 15) is 0 Å². The fraction of sp³-hybridized carbons (Fsp3) is 0.667. The van der Waals surface area contributed by atoms with E-state index >= 15 is 0 Å². The lowest BCUT2D eigenvalue weighted by Crippen LogP contribution is -2.37. The summed E-state index contributed by atoms with van der Waals surface area (Å²) in [6.45, 7) is 6.73. The van der Waals surface area contributed by atoms with Crippen molar-refractivity contribution in [2.24, 2.45) is 23.6 Å². The first kappa shape index (κ1) is 13.5. The zero-order valence-electron chi connectivity index (χ0n) is 11.7. The second kappa shape index (κ2) is 5.81. The fourth-order valence-electron chi connectivity index (χ4n) is 3.06. The van der Waals surface area contributed by atoms with E-state index in [0.29, 0.717) is 5.92 Å². The molecule has 1 aliphatic carbocycles. The minimum Gasteiger partial charge on any atom is -0.271 e. The highest BCUT2D eigenvalue weighted by Crippen LogP contribution is 2.39. The van der Waals surface area contributed by atoms with Crippen molar-refractivity contribution >= 4 is 0 Å². The molecule has 0 bridgehead atoms. The van der Waals surface area contributed by atoms with Crippen molar-refractivity contribution in [3.8, 4) is 0 Å². The highest BCUT2D eigenvalue weighted by atomic mass is 15.2. The summed E-state index contributed by atoms with van der Waals surface area (Å²) in [5.74, 6) is 8.04. The Morgan fingerprint density at radius 3 is 2.61 bits per heavy atom. The lowest BCUT2D eigenvalue weighted by Gasteiger charge is -2.36. The number of nitrogens with one attached hydrogen (secondary N) is 1. The predicted octanol–water partition coefficient (Wildman–Crippen LogP) is 2.97. The van der Waals surface area contributed by atoms with Gasteiger partial charge in [0.1, 0.15) is 0 Å². The van der Waals surface area contributed by atoms with Gasteiger partial charge >= 0.3 is 0 Å². The lowest BCUT2D eigenvalue weighted by molar-refractivity contribution is 0.171. The van der Waals surface area contributed by atoms with Gasteiger partial charge in [-0.25, -0.2) is 0 Å². The van der Waals surface area contributed by atoms with E-state index in [2.05, 4.69) is 36.4 Å². The maximum absolute atomic E-state index is 5.78. The van der Waals surface area contributed by atoms with E-state index in [4.69, 9.17) is 5.84 Å². The van der Waals surface area contributed by atoms with E-state index in [1.807, 2.05) is 13.1 Å². The molecule has 3 heteroatoms. The van der Waals surface area contributed by atoms with Crippen LogP contribution >= 0.6 is 0 Å². The SMILES string of the molecule is Cc1ccc(C(NN)C2CCC(C)C(C)C2)cn1. The third-order valence-corrected chi connectivity index (χ3v) is 4.58. The molecular formula is C15H25N3. The number of rotatable bonds is 3. The predicted molar refractivity (Wildman–Crippen MR) is 74.7 cm³/mol. The summed E-state index contributed by atoms with van der Waals surface area (Å²) in [5, 5.41) is 0. The van der Waals surface area contributed by atoms with Crippen LogP contribution in [0.25, 0.3) is 0 Å². The molecule has 1 fully saturated rings. The normalized spacial score (nSPS) is 30.1. The van der Waals surface area contributed by atoms with Crippen molar-refractivity contribution in [2.45, 2.75) is 46.1 Å². The molecule has 3 N–H and O–H groups in total. The van der Waals surface area contributed by atoms with Crippen molar-refractivity contribution < 1.29 is 0 Å². The second-order valence-corrected chi connectivity index (χ2v) is 5.90. The number of nitrogens with zero attached hydrogens (tertiary/aromatic N) is 1. The minimum atomic E-state index is 0.244. The van der Waals surface area contributed by atoms with E-state index in [1.165, 1.54) is 24.8 Å². The monoisotopic (exact) mass is 247 g/mol. The van der Waals surface area contributed by atoms with E-state index in [0.717, 1.165) is 17.5 Å². The van der Waals surface area contributed by atoms with Gasteiger partial charge in [0.05, 0.1) is 6.04 Å². The molecule has 2 rings (SSSR count). The minimum absolute atomic E-state index is 0.244. The molecular weight excluding hydrogens is 222 g/mol. The first-order chi connectivity index (χ1) is 8.61. The Balaban J connectivity index is 2.11. The van der Waals surface area contributed by atoms with Crippen LogP contribution in [0.2, 0.25) is 0 Å². The quantitative estimate of drug-likeness (QED) is 0.638. The van der Waals surface area contributed by atoms with Crippen LogP contribution in [-0.4, -0.2) is 4.98 Å². The first-order valence-corrected chi connectivity index (χ1v) is 7.00. The van der Waals surface area contributed by atoms with Crippen LogP contribution in [0.1, 0.15) is 50.4 Å². The van der Waals surface area contributed by atoms with Crippen molar-refractivity contribution in [2.75, 3.05) is 0 Å². The Morgan fingerprint density at radius 1 is 1.28 bits per heavy atom. The van der Waals surface area contributed by atoms with E-state index in [-0.39, 0.29) is 6.04 Å². The van der Waals surface area contributed by atoms with Gasteiger partial charge in [0.15, 0.2) is 0 Å². The van der Waals surface area contributed by atoms with Gasteiger partial charge in [-0.1, -0.05) is 26.3 Å². The summed E-state index contributed by atoms with van der Waals surface area (Å²) in [6.07, 6.45) is 5.78. The van der Waals surface area contributed by atoms with Crippen LogP contribution in [0.4, 0.5) is 0 Å². The van der Waals surface area contributed by atoms with Crippen LogP contribution in [-0.2, 0) is 0 Å². The van der Waals surface area contributed by atoms with Crippen LogP contribution < -0.4 is 11.3 Å². The lowest BCUT2D eigenvalue weighted by atomic mass is 9.72. The molecule has 1 aromatic rings. The van der Waals surface area contributed by atoms with Crippen LogP contribution in [0.3, 0.4) is 0 Å². The Labute approximate surface area is 110 Å². The molecule has 0 spiro atoms. The topological polar surface area (TPSA) is 50.9 Å². The van der Waals surface area contributed by atoms with Gasteiger partial charge in [-0.05, 0) is 49.1 Å². The highest BCUT2D eigenvalue weighted by Gasteiger charge is 2.30. The van der Waals surface area contributed by atoms with Crippen LogP contribution in [0, 0.1) is 24.7 Å². The number of nitrogens with two attached hydrogens (primary N) is 1. The van der Waals surface area contributed by atoms with Crippen molar-refractivity contribution in [1.29, 1.82) is 0 Å². The molecule has 1 heterocycles. The Hall–Kier alpha value is -0.930. The molecule has 18 heavy (non-hydrogen) atoms. The standard InChI is InChI=1S/C15H25N3/c1-10-4-6-13(8-11(10)2)15(18-16)14-7-5-12(3)17-9-14/h5,7,9-11,13,15,18H,4,6,8,16H2,1-3H3. The van der Waals surface area contributed by atoms with Gasteiger partial charge in [-0.3, -0.25) is 16.3 Å². The number of hydrazine groups is 1. The van der Waals surface area contributed by atoms with Gasteiger partial charge in [0.2, 0.25) is 0 Å². The third-order valence-electron chi connectivity index (χ3n) is 4.58. The summed E-state index contributed by atoms with van der Waals surface area (Å²) in [7, 11) is 0. The average Bonchev–Trinajstić information content (AvgIpc) is 2.37. The van der Waals surface area contributed by atoms with Crippen LogP contribution in [0.15, 0.2) is 18.3 Å². The molecule has 1 aromatic heterocycles. The summed E-state index contributed by atoms with van der Waals surface area (Å²) >= 11 is 0. The summed E-state index contributed by atoms with van der Waals surface area (Å²) in [5.41, 5.74) is 5.28. The number of aryl methyl sites for hydroxylation is 1. The molecule has 0 radical (unpaired) electrons. The molecule has 4 unspecified atom stereocenters. The molecule has 1 aliphatic rings. The summed E-state index contributed by atoms with van der Waals surface area (Å²) < 4.78 is 0. The molecule has 3 nitrogen and oxygen atoms in total. The zero-order chi connectivity index (χ0) is 13.1. The van der Waals surface area contributed by atoms with Gasteiger partial charge in [-0.15, -0.1) is 0 Å². The zero-order valence-corrected chi connectivity index (χ0v) is 11.7. The van der Waals surface area contributed by atoms with Gasteiger partial charge in [0, 0.05) is 11.9 Å². The maximum Gasteiger partial charge on any atom is 0.0503 e. The largest absolute Gasteiger partial charge is 0.271 e. The average molecular weight is 247 g/mol. The summed E-state index contributed by atoms with van der Waals surface area (Å²) in [6, 6.07) is 4.46. The Morgan fingerprint density at radius 2 is 2.06 bits per heavy atom. The molecule has 0 amide bonds. The van der Waals surface area contributed by atoms with Crippen LogP contribution in [0.5, 0.6) is 0 Å². The van der Waals surface area contributed by atoms with Gasteiger partial charge in [0.25, 0.3) is 0 Å². The van der Waals surface area contributed by atoms with Gasteiger partial charge < -0.3 is 0 Å². The smallest absolute Gasteiger partial charge is 0.0503 e. The van der Waals surface area contributed by atoms with Gasteiger partial charge in [-0.2, -0.15) is 0 Å². The second-order valence-electron chi connectivity index (χ2n) is 5.90. The fourth-order valence-corrected chi connectivity index (χ4v) is 3.06. The van der Waals surface area contributed by atoms with Crippen molar-refractivity contribution in [3.05, 3.63) is 29.6 Å². The number of pyridine rings is 1. The Bertz CT molecular complexity index is 374. The van der Waals surface area contributed by atoms with E-state index < -0.39 is 0 Å². The molecule has 100 valence electrons. The molecule has 0 saturated heterocycles.